The largest absolute Gasteiger partial charge is 0.394 e. The first-order valence-electron chi connectivity index (χ1n) is 38.9. The van der Waals surface area contributed by atoms with Crippen molar-refractivity contribution in [2.24, 2.45) is 89.9 Å². The molecule has 0 atom stereocenters. The first-order valence-corrected chi connectivity index (χ1v) is 38.9. The lowest BCUT2D eigenvalue weighted by Crippen LogP contribution is -2.30. The predicted molar refractivity (Wildman–Crippen MR) is 441 cm³/mol. The molecule has 0 saturated carbocycles. The number of rotatable bonds is 9. The molecular weight excluding hydrogens is 1810 g/mol. The first kappa shape index (κ1) is 86.4. The van der Waals surface area contributed by atoms with Gasteiger partial charge in [-0.25, -0.2) is 199 Å². The highest BCUT2D eigenvalue weighted by Gasteiger charge is 2.32. The maximum Gasteiger partial charge on any atom is 0.373 e. The van der Waals surface area contributed by atoms with Crippen LogP contribution in [0.1, 0.15) is 98.2 Å². The number of fused-ring (bicyclic) bond motifs is 9. The van der Waals surface area contributed by atoms with Crippen molar-refractivity contribution < 1.29 is 13.2 Å². The third-order valence-corrected chi connectivity index (χ3v) is 19.4. The normalized spacial score (nSPS) is 15.3. The number of halogens is 3. The Balaban J connectivity index is 0.000000134. The second-order valence-electron chi connectivity index (χ2n) is 28.1. The molecule has 0 aromatic carbocycles. The molecule has 9 aliphatic rings. The van der Waals surface area contributed by atoms with Crippen LogP contribution in [0, 0.1) is 172 Å². The first-order chi connectivity index (χ1) is 67.8. The molecule has 12 aromatic heterocycles. The fourth-order valence-corrected chi connectivity index (χ4v) is 12.6. The van der Waals surface area contributed by atoms with E-state index in [1.807, 2.05) is 36.4 Å². The standard InChI is InChI=1S/C30H18N18.C27H6N20.C25H4F3N17/c1-10-11(2)35-26-25(34-10)43-21(44-26)16(8-31)19-40-20(17(9-32)22-45-27-28(46-22)37-13(4)12(3)36-27)42-23(41-19)18(33-7)24-47-29-30(48-24)39-15(6)14(5)38-29;1-10-33-7-13-22(36-10)42-18(37-13)11(4-28)20-41-21(12(5-29)19-38-15-9-35-27(32-3)47-24(15)43-19)45-26(44-20)17(31-2)25-39-14-8-34-16(6-30)40-23(14)46-25;1-31-14(22-36-12-7-33-25(28)45-21(12)43-22)23-41-17(8(4-29)15-34-10-2-3-13(26)37-19(10)39-15)38-18(42-23)9(5-30)16-35-11-6-32-24(27)44-20(11)40-16/h1-6H3;7-9H,1H3;2-3,6-7H/b;18-11-,19-12-,25-17+;15-8-,16-9-,22-14+. The molecule has 0 spiro atoms. The van der Waals surface area contributed by atoms with Crippen molar-refractivity contribution in [1.29, 1.82) is 36.8 Å². The van der Waals surface area contributed by atoms with Crippen LogP contribution < -0.4 is 98.0 Å². The number of pyridine rings is 1. The van der Waals surface area contributed by atoms with E-state index in [-0.39, 0.29) is 231 Å². The summed E-state index contributed by atoms with van der Waals surface area (Å²) in [6.45, 7) is 43.3. The Morgan fingerprint density at radius 2 is 0.507 bits per heavy atom. The fourth-order valence-electron chi connectivity index (χ4n) is 12.6. The van der Waals surface area contributed by atoms with Gasteiger partial charge < -0.3 is 4.85 Å². The quantitative estimate of drug-likeness (QED) is 0.0564. The van der Waals surface area contributed by atoms with E-state index >= 15 is 0 Å². The minimum Gasteiger partial charge on any atom is -0.394 e. The Hall–Kier alpha value is -22.9. The topological polar surface area (TPSA) is 742 Å². The number of hydrogen-bond donors (Lipinski definition) is 0. The molecular formula is C82H28F3N55. The van der Waals surface area contributed by atoms with Gasteiger partial charge in [-0.2, -0.15) is 79.9 Å². The lowest BCUT2D eigenvalue weighted by Gasteiger charge is -2.07. The second kappa shape index (κ2) is 34.8. The average molecular weight is 1840 g/mol. The molecule has 0 radical (unpaired) electrons. The van der Waals surface area contributed by atoms with Crippen molar-refractivity contribution in [3.05, 3.63) is 356 Å². The molecule has 652 valence electrons. The molecule has 0 amide bonds. The Bertz CT molecular complexity index is 9310. The third kappa shape index (κ3) is 16.1. The zero-order valence-corrected chi connectivity index (χ0v) is 70.8. The van der Waals surface area contributed by atoms with Crippen molar-refractivity contribution in [2.75, 3.05) is 0 Å². The minimum atomic E-state index is -1.08. The summed E-state index contributed by atoms with van der Waals surface area (Å²) in [5.41, 5.74) is 2.48. The van der Waals surface area contributed by atoms with Crippen molar-refractivity contribution in [3.8, 4) is 42.5 Å². The lowest BCUT2D eigenvalue weighted by atomic mass is 10.2. The van der Waals surface area contributed by atoms with Gasteiger partial charge in [-0.05, 0) is 60.6 Å². The van der Waals surface area contributed by atoms with E-state index in [0.29, 0.717) is 45.3 Å². The van der Waals surface area contributed by atoms with Crippen molar-refractivity contribution in [2.45, 2.75) is 48.5 Å². The van der Waals surface area contributed by atoms with E-state index in [4.69, 9.17) is 31.6 Å². The second-order valence-corrected chi connectivity index (χ2v) is 28.1. The van der Waals surface area contributed by atoms with Crippen molar-refractivity contribution in [1.82, 2.24) is 130 Å². The van der Waals surface area contributed by atoms with E-state index in [0.717, 1.165) is 18.5 Å². The highest BCUT2D eigenvalue weighted by Crippen LogP contribution is 2.32. The molecule has 0 bridgehead atoms. The fraction of sp³-hybridized carbons (Fsp3) is 0.0854. The average Bonchev–Trinajstić information content (AvgIpc) is 1.58. The summed E-state index contributed by atoms with van der Waals surface area (Å²) in [6, 6.07) is 15.9. The van der Waals surface area contributed by atoms with Crippen LogP contribution in [0.3, 0.4) is 0 Å². The zero-order valence-electron chi connectivity index (χ0n) is 70.8. The molecule has 0 unspecified atom stereocenters. The molecule has 0 aliphatic carbocycles. The molecule has 21 heterocycles. The Morgan fingerprint density at radius 3 is 0.843 bits per heavy atom. The molecule has 9 aliphatic heterocycles. The summed E-state index contributed by atoms with van der Waals surface area (Å²) in [5.74, 6) is -5.15. The number of allylic oxidation sites excluding steroid dienone is 6. The van der Waals surface area contributed by atoms with Crippen LogP contribution in [0.5, 0.6) is 0 Å². The van der Waals surface area contributed by atoms with Gasteiger partial charge in [-0.15, -0.1) is 11.6 Å². The SMILES string of the molecule is [C-]#[N+]/C(=C1\N=c2cnc(C#N)nc2=N1)c1nc(/C(C#N)=C2/N=c3cnc(C)nc3=N2)nc(/C(C#N)=C2/N=c3cnc([N+]#[C-])nc3=N2)n1.[C-]#[N+]/C(=C1\N=c2cnc(F)nc2=N1)c1nc(/C(C#N)=C2/N=c3ccc(F)nc3=N2)nc(/C(C#N)=C2/N=c3cnc(F)nc3=N2)n1.[C-]#[N+]C(=C1N=c2nc(C)c(C)nc2=N1)c1nc(C(C#N)=C2N=c3nc(C)c(C)nc3=N2)nc(C(C#N)=C2N=c3nc(C)c(C)nc3=N2)n1. The van der Waals surface area contributed by atoms with Gasteiger partial charge in [0, 0.05) is 0 Å². The molecule has 0 fully saturated rings. The molecule has 21 rings (SSSR count). The van der Waals surface area contributed by atoms with Gasteiger partial charge in [0.05, 0.1) is 78.7 Å². The summed E-state index contributed by atoms with van der Waals surface area (Å²) in [7, 11) is 0. The van der Waals surface area contributed by atoms with E-state index in [1.165, 1.54) is 24.7 Å². The summed E-state index contributed by atoms with van der Waals surface area (Å²) in [4.78, 5) is 198. The van der Waals surface area contributed by atoms with Gasteiger partial charge in [0.1, 0.15) is 115 Å². The number of aryl methyl sites for hydroxylation is 7. The highest BCUT2D eigenvalue weighted by molar-refractivity contribution is 5.84. The molecule has 140 heavy (non-hydrogen) atoms. The molecule has 55 nitrogen and oxygen atoms in total. The minimum absolute atomic E-state index is 0.0424. The Morgan fingerprint density at radius 1 is 0.250 bits per heavy atom. The van der Waals surface area contributed by atoms with Crippen LogP contribution in [-0.2, 0) is 0 Å². The number of nitriles is 7. The molecule has 0 N–H and O–H groups in total. The monoisotopic (exact) mass is 1840 g/mol. The number of hydrogen-bond acceptors (Lipinski definition) is 51. The summed E-state index contributed by atoms with van der Waals surface area (Å²) in [6.07, 6.45) is 3.94. The lowest BCUT2D eigenvalue weighted by molar-refractivity contribution is 0.530. The summed E-state index contributed by atoms with van der Waals surface area (Å²) >= 11 is 0. The maximum atomic E-state index is 13.7. The van der Waals surface area contributed by atoms with Gasteiger partial charge in [-0.3, -0.25) is 0 Å². The summed E-state index contributed by atoms with van der Waals surface area (Å²) < 4.78 is 40.9. The van der Waals surface area contributed by atoms with Gasteiger partial charge in [0.25, 0.3) is 17.1 Å². The predicted octanol–water partition coefficient (Wildman–Crippen LogP) is -5.31. The van der Waals surface area contributed by atoms with E-state index in [9.17, 15) is 44.7 Å². The van der Waals surface area contributed by atoms with Gasteiger partial charge >= 0.3 is 18.1 Å². The van der Waals surface area contributed by atoms with Crippen molar-refractivity contribution in [3.63, 3.8) is 0 Å². The van der Waals surface area contributed by atoms with Crippen LogP contribution >= 0.6 is 0 Å². The van der Waals surface area contributed by atoms with Crippen LogP contribution in [0.25, 0.3) is 69.9 Å². The van der Waals surface area contributed by atoms with Crippen LogP contribution in [0.15, 0.2) is 185 Å². The van der Waals surface area contributed by atoms with Gasteiger partial charge in [-0.1, -0.05) is 0 Å². The third-order valence-electron chi connectivity index (χ3n) is 19.4. The molecule has 0 saturated heterocycles. The molecule has 58 heteroatoms. The van der Waals surface area contributed by atoms with E-state index < -0.39 is 46.8 Å². The summed E-state index contributed by atoms with van der Waals surface area (Å²) in [5, 5.41) is 71.5. The smallest absolute Gasteiger partial charge is 0.373 e. The maximum absolute atomic E-state index is 13.7. The van der Waals surface area contributed by atoms with Crippen LogP contribution in [0.4, 0.5) is 19.1 Å². The Labute approximate surface area is 768 Å². The molecule has 12 aromatic rings. The number of nitrogens with zero attached hydrogens (tertiary/aromatic N) is 55. The zero-order chi connectivity index (χ0) is 97.7. The van der Waals surface area contributed by atoms with Crippen molar-refractivity contribution >= 4 is 56.5 Å². The van der Waals surface area contributed by atoms with E-state index in [2.05, 4.69) is 239 Å². The van der Waals surface area contributed by atoms with E-state index in [1.54, 1.807) is 54.5 Å². The highest BCUT2D eigenvalue weighted by atomic mass is 19.1. The van der Waals surface area contributed by atoms with Gasteiger partial charge in [0.15, 0.2) is 171 Å². The van der Waals surface area contributed by atoms with Crippen LogP contribution in [-0.4, -0.2) is 130 Å². The Kier molecular flexibility index (Phi) is 21.5. The number of aromatic nitrogens is 26. The van der Waals surface area contributed by atoms with Crippen LogP contribution in [0.2, 0.25) is 0 Å². The van der Waals surface area contributed by atoms with Gasteiger partial charge in [0.2, 0.25) is 17.3 Å².